The molecule has 1 aliphatic carbocycles. The quantitative estimate of drug-likeness (QED) is 0.727. The highest BCUT2D eigenvalue weighted by Crippen LogP contribution is 2.38. The van der Waals surface area contributed by atoms with Crippen LogP contribution in [0.1, 0.15) is 24.8 Å². The molecule has 0 radical (unpaired) electrons. The van der Waals surface area contributed by atoms with E-state index in [1.807, 2.05) is 30.3 Å². The number of amides is 2. The highest BCUT2D eigenvalue weighted by Gasteiger charge is 2.44. The molecule has 1 aliphatic heterocycles. The number of hydrogen-bond acceptors (Lipinski definition) is 2. The molecule has 1 aromatic carbocycles. The van der Waals surface area contributed by atoms with Crippen molar-refractivity contribution >= 4 is 11.8 Å². The lowest BCUT2D eigenvalue weighted by atomic mass is 9.96. The summed E-state index contributed by atoms with van der Waals surface area (Å²) in [7, 11) is 0. The first kappa shape index (κ1) is 10.5. The van der Waals surface area contributed by atoms with Crippen LogP contribution >= 0.6 is 0 Å². The van der Waals surface area contributed by atoms with Gasteiger partial charge in [0.1, 0.15) is 0 Å². The Morgan fingerprint density at radius 2 is 1.59 bits per heavy atom. The Bertz CT molecular complexity index is 433. The zero-order valence-corrected chi connectivity index (χ0v) is 9.63. The van der Waals surface area contributed by atoms with Crippen molar-refractivity contribution in [3.63, 3.8) is 0 Å². The van der Waals surface area contributed by atoms with Gasteiger partial charge in [-0.15, -0.1) is 0 Å². The lowest BCUT2D eigenvalue weighted by molar-refractivity contribution is -0.153. The SMILES string of the molecule is O=C1[C@@H]2CC[C@@H](C2)C(=O)N1Cc1ccccc1. The molecule has 0 unspecified atom stereocenters. The number of likely N-dealkylation sites (tertiary alicyclic amines) is 1. The van der Waals surface area contributed by atoms with E-state index >= 15 is 0 Å². The minimum atomic E-state index is 0.0348. The fourth-order valence-electron chi connectivity index (χ4n) is 2.90. The predicted octanol–water partition coefficient (Wildman–Crippen LogP) is 1.97. The zero-order chi connectivity index (χ0) is 11.8. The fourth-order valence-corrected chi connectivity index (χ4v) is 2.90. The van der Waals surface area contributed by atoms with Gasteiger partial charge in [-0.25, -0.2) is 0 Å². The van der Waals surface area contributed by atoms with Gasteiger partial charge in [0.15, 0.2) is 0 Å². The van der Waals surface area contributed by atoms with E-state index in [0.717, 1.165) is 24.8 Å². The molecule has 3 rings (SSSR count). The van der Waals surface area contributed by atoms with Crippen molar-refractivity contribution in [2.75, 3.05) is 0 Å². The maximum atomic E-state index is 12.1. The predicted molar refractivity (Wildman–Crippen MR) is 62.8 cm³/mol. The Kier molecular flexibility index (Phi) is 2.46. The second-order valence-electron chi connectivity index (χ2n) is 4.96. The minimum Gasteiger partial charge on any atom is -0.278 e. The van der Waals surface area contributed by atoms with Crippen LogP contribution in [0.3, 0.4) is 0 Å². The molecule has 1 saturated carbocycles. The van der Waals surface area contributed by atoms with Gasteiger partial charge >= 0.3 is 0 Å². The van der Waals surface area contributed by atoms with E-state index in [4.69, 9.17) is 0 Å². The average molecular weight is 229 g/mol. The van der Waals surface area contributed by atoms with Gasteiger partial charge in [-0.2, -0.15) is 0 Å². The molecule has 3 nitrogen and oxygen atoms in total. The van der Waals surface area contributed by atoms with Crippen LogP contribution in [0.4, 0.5) is 0 Å². The molecule has 2 aliphatic rings. The third kappa shape index (κ3) is 1.75. The summed E-state index contributed by atoms with van der Waals surface area (Å²) in [6.07, 6.45) is 2.56. The van der Waals surface area contributed by atoms with Crippen LogP contribution in [-0.4, -0.2) is 16.7 Å². The van der Waals surface area contributed by atoms with Crippen molar-refractivity contribution < 1.29 is 9.59 Å². The maximum Gasteiger partial charge on any atom is 0.232 e. The minimum absolute atomic E-state index is 0.0348. The number of carbonyl (C=O) groups is 2. The number of imide groups is 1. The lowest BCUT2D eigenvalue weighted by Gasteiger charge is -2.29. The largest absolute Gasteiger partial charge is 0.278 e. The normalized spacial score (nSPS) is 27.6. The van der Waals surface area contributed by atoms with Gasteiger partial charge in [-0.3, -0.25) is 14.5 Å². The average Bonchev–Trinajstić information content (AvgIpc) is 2.81. The van der Waals surface area contributed by atoms with Crippen LogP contribution in [0, 0.1) is 11.8 Å². The Labute approximate surface area is 100 Å². The number of piperidine rings is 1. The second kappa shape index (κ2) is 3.99. The molecular formula is C14H15NO2. The van der Waals surface area contributed by atoms with Crippen molar-refractivity contribution in [3.05, 3.63) is 35.9 Å². The maximum absolute atomic E-state index is 12.1. The van der Waals surface area contributed by atoms with Gasteiger partial charge in [0.25, 0.3) is 0 Å². The highest BCUT2D eigenvalue weighted by molar-refractivity contribution is 6.00. The smallest absolute Gasteiger partial charge is 0.232 e. The lowest BCUT2D eigenvalue weighted by Crippen LogP contribution is -2.45. The first-order valence-electron chi connectivity index (χ1n) is 6.15. The van der Waals surface area contributed by atoms with Crippen molar-refractivity contribution in [2.45, 2.75) is 25.8 Å². The zero-order valence-electron chi connectivity index (χ0n) is 9.63. The standard InChI is InChI=1S/C14H15NO2/c16-13-11-6-7-12(8-11)14(17)15(13)9-10-4-2-1-3-5-10/h1-5,11-12H,6-9H2/t11-,12+. The highest BCUT2D eigenvalue weighted by atomic mass is 16.2. The molecule has 0 aromatic heterocycles. The van der Waals surface area contributed by atoms with Crippen LogP contribution in [-0.2, 0) is 16.1 Å². The Balaban J connectivity index is 1.83. The van der Waals surface area contributed by atoms with Gasteiger partial charge < -0.3 is 0 Å². The Hall–Kier alpha value is -1.64. The summed E-state index contributed by atoms with van der Waals surface area (Å²) >= 11 is 0. The van der Waals surface area contributed by atoms with E-state index in [1.165, 1.54) is 4.90 Å². The summed E-state index contributed by atoms with van der Waals surface area (Å²) in [5.74, 6) is 0.267. The van der Waals surface area contributed by atoms with E-state index in [-0.39, 0.29) is 23.7 Å². The number of rotatable bonds is 2. The third-order valence-corrected chi connectivity index (χ3v) is 3.85. The summed E-state index contributed by atoms with van der Waals surface area (Å²) in [5.41, 5.74) is 1.02. The molecule has 0 spiro atoms. The van der Waals surface area contributed by atoms with Crippen molar-refractivity contribution in [3.8, 4) is 0 Å². The molecule has 3 heteroatoms. The number of nitrogens with zero attached hydrogens (tertiary/aromatic N) is 1. The third-order valence-electron chi connectivity index (χ3n) is 3.85. The molecule has 17 heavy (non-hydrogen) atoms. The topological polar surface area (TPSA) is 37.4 Å². The molecule has 2 fully saturated rings. The fraction of sp³-hybridized carbons (Fsp3) is 0.429. The molecular weight excluding hydrogens is 214 g/mol. The molecule has 88 valence electrons. The van der Waals surface area contributed by atoms with Crippen LogP contribution in [0.5, 0.6) is 0 Å². The molecule has 1 saturated heterocycles. The number of carbonyl (C=O) groups excluding carboxylic acids is 2. The summed E-state index contributed by atoms with van der Waals surface area (Å²) in [5, 5.41) is 0. The van der Waals surface area contributed by atoms with Gasteiger partial charge in [0.05, 0.1) is 6.54 Å². The van der Waals surface area contributed by atoms with E-state index in [0.29, 0.717) is 6.54 Å². The summed E-state index contributed by atoms with van der Waals surface area (Å²) in [6.45, 7) is 0.436. The van der Waals surface area contributed by atoms with E-state index in [1.54, 1.807) is 0 Å². The Morgan fingerprint density at radius 3 is 2.18 bits per heavy atom. The van der Waals surface area contributed by atoms with E-state index in [2.05, 4.69) is 0 Å². The molecule has 2 atom stereocenters. The van der Waals surface area contributed by atoms with Gasteiger partial charge in [0, 0.05) is 11.8 Å². The first-order valence-corrected chi connectivity index (χ1v) is 6.15. The number of hydrogen-bond donors (Lipinski definition) is 0. The number of fused-ring (bicyclic) bond motifs is 2. The first-order chi connectivity index (χ1) is 8.25. The molecule has 1 heterocycles. The van der Waals surface area contributed by atoms with Crippen LogP contribution in [0.2, 0.25) is 0 Å². The molecule has 1 aromatic rings. The van der Waals surface area contributed by atoms with Crippen LogP contribution in [0.25, 0.3) is 0 Å². The van der Waals surface area contributed by atoms with Crippen molar-refractivity contribution in [1.29, 1.82) is 0 Å². The molecule has 2 amide bonds. The Morgan fingerprint density at radius 1 is 1.00 bits per heavy atom. The van der Waals surface area contributed by atoms with Crippen molar-refractivity contribution in [2.24, 2.45) is 11.8 Å². The van der Waals surface area contributed by atoms with Gasteiger partial charge in [0.2, 0.25) is 11.8 Å². The van der Waals surface area contributed by atoms with Crippen LogP contribution < -0.4 is 0 Å². The van der Waals surface area contributed by atoms with Crippen LogP contribution in [0.15, 0.2) is 30.3 Å². The molecule has 2 bridgehead atoms. The van der Waals surface area contributed by atoms with Crippen molar-refractivity contribution in [1.82, 2.24) is 4.90 Å². The number of benzene rings is 1. The monoisotopic (exact) mass is 229 g/mol. The van der Waals surface area contributed by atoms with E-state index < -0.39 is 0 Å². The molecule has 0 N–H and O–H groups in total. The summed E-state index contributed by atoms with van der Waals surface area (Å²) in [4.78, 5) is 25.7. The van der Waals surface area contributed by atoms with E-state index in [9.17, 15) is 9.59 Å². The van der Waals surface area contributed by atoms with Gasteiger partial charge in [-0.1, -0.05) is 30.3 Å². The van der Waals surface area contributed by atoms with Gasteiger partial charge in [-0.05, 0) is 24.8 Å². The summed E-state index contributed by atoms with van der Waals surface area (Å²) in [6, 6.07) is 9.72. The summed E-state index contributed by atoms with van der Waals surface area (Å²) < 4.78 is 0. The second-order valence-corrected chi connectivity index (χ2v) is 4.96.